The lowest BCUT2D eigenvalue weighted by molar-refractivity contribution is 0.726. The Bertz CT molecular complexity index is 497. The van der Waals surface area contributed by atoms with Gasteiger partial charge >= 0.3 is 0 Å². The van der Waals surface area contributed by atoms with E-state index in [1.165, 1.54) is 28.7 Å². The Hall–Kier alpha value is -1.56. The molecule has 0 spiro atoms. The van der Waals surface area contributed by atoms with Crippen molar-refractivity contribution >= 4 is 0 Å². The minimum atomic E-state index is 0.653. The lowest BCUT2D eigenvalue weighted by atomic mass is 9.89. The highest BCUT2D eigenvalue weighted by Crippen LogP contribution is 2.25. The fraction of sp³-hybridized carbons (Fsp3) is 0.333. The summed E-state index contributed by atoms with van der Waals surface area (Å²) in [6, 6.07) is 17.4. The monoisotopic (exact) mass is 238 g/mol. The SMILES string of the molecule is CCC(C)c1cccc(Cc2ccccc2)c1C. The predicted molar refractivity (Wildman–Crippen MR) is 79.1 cm³/mol. The number of benzene rings is 2. The molecule has 0 nitrogen and oxygen atoms in total. The van der Waals surface area contributed by atoms with Gasteiger partial charge < -0.3 is 0 Å². The molecule has 0 radical (unpaired) electrons. The van der Waals surface area contributed by atoms with Crippen molar-refractivity contribution in [3.63, 3.8) is 0 Å². The Morgan fingerprint density at radius 1 is 0.944 bits per heavy atom. The zero-order chi connectivity index (χ0) is 13.0. The summed E-state index contributed by atoms with van der Waals surface area (Å²) in [5.74, 6) is 0.653. The van der Waals surface area contributed by atoms with E-state index in [1.807, 2.05) is 0 Å². The fourth-order valence-corrected chi connectivity index (χ4v) is 2.46. The van der Waals surface area contributed by atoms with Crippen LogP contribution >= 0.6 is 0 Å². The summed E-state index contributed by atoms with van der Waals surface area (Å²) in [6.07, 6.45) is 2.24. The maximum absolute atomic E-state index is 2.31. The molecule has 2 rings (SSSR count). The summed E-state index contributed by atoms with van der Waals surface area (Å²) >= 11 is 0. The third-order valence-corrected chi connectivity index (χ3v) is 3.87. The highest BCUT2D eigenvalue weighted by Gasteiger charge is 2.09. The summed E-state index contributed by atoms with van der Waals surface area (Å²) in [5, 5.41) is 0. The van der Waals surface area contributed by atoms with Crippen molar-refractivity contribution in [2.24, 2.45) is 0 Å². The van der Waals surface area contributed by atoms with Crippen LogP contribution in [-0.2, 0) is 6.42 Å². The van der Waals surface area contributed by atoms with Crippen molar-refractivity contribution in [3.8, 4) is 0 Å². The molecule has 0 heterocycles. The first-order chi connectivity index (χ1) is 8.72. The molecule has 0 heteroatoms. The normalized spacial score (nSPS) is 12.4. The van der Waals surface area contributed by atoms with E-state index in [-0.39, 0.29) is 0 Å². The van der Waals surface area contributed by atoms with Crippen molar-refractivity contribution in [2.45, 2.75) is 39.5 Å². The van der Waals surface area contributed by atoms with E-state index in [4.69, 9.17) is 0 Å². The first-order valence-corrected chi connectivity index (χ1v) is 6.84. The van der Waals surface area contributed by atoms with Crippen LogP contribution in [-0.4, -0.2) is 0 Å². The summed E-state index contributed by atoms with van der Waals surface area (Å²) in [5.41, 5.74) is 5.82. The van der Waals surface area contributed by atoms with Gasteiger partial charge in [0.15, 0.2) is 0 Å². The average Bonchev–Trinajstić information content (AvgIpc) is 2.41. The average molecular weight is 238 g/mol. The summed E-state index contributed by atoms with van der Waals surface area (Å²) in [4.78, 5) is 0. The van der Waals surface area contributed by atoms with Crippen LogP contribution in [0.25, 0.3) is 0 Å². The van der Waals surface area contributed by atoms with Gasteiger partial charge in [0.25, 0.3) is 0 Å². The summed E-state index contributed by atoms with van der Waals surface area (Å²) < 4.78 is 0. The molecule has 0 amide bonds. The number of hydrogen-bond acceptors (Lipinski definition) is 0. The molecular formula is C18H22. The van der Waals surface area contributed by atoms with E-state index in [2.05, 4.69) is 69.3 Å². The molecule has 18 heavy (non-hydrogen) atoms. The van der Waals surface area contributed by atoms with Crippen LogP contribution in [0.15, 0.2) is 48.5 Å². The molecule has 94 valence electrons. The largest absolute Gasteiger partial charge is 0.0648 e. The number of rotatable bonds is 4. The molecule has 2 aromatic carbocycles. The molecule has 0 bridgehead atoms. The topological polar surface area (TPSA) is 0 Å². The zero-order valence-corrected chi connectivity index (χ0v) is 11.6. The van der Waals surface area contributed by atoms with Crippen molar-refractivity contribution in [1.82, 2.24) is 0 Å². The lowest BCUT2D eigenvalue weighted by Crippen LogP contribution is -2.00. The van der Waals surface area contributed by atoms with Crippen LogP contribution in [0.4, 0.5) is 0 Å². The molecule has 0 aliphatic rings. The van der Waals surface area contributed by atoms with E-state index < -0.39 is 0 Å². The third kappa shape index (κ3) is 2.81. The van der Waals surface area contributed by atoms with Gasteiger partial charge in [-0.1, -0.05) is 62.4 Å². The molecular weight excluding hydrogens is 216 g/mol. The van der Waals surface area contributed by atoms with Gasteiger partial charge in [0.05, 0.1) is 0 Å². The van der Waals surface area contributed by atoms with Gasteiger partial charge in [0.2, 0.25) is 0 Å². The highest BCUT2D eigenvalue weighted by molar-refractivity contribution is 5.39. The van der Waals surface area contributed by atoms with Crippen LogP contribution in [0.1, 0.15) is 48.4 Å². The van der Waals surface area contributed by atoms with Crippen LogP contribution in [0.5, 0.6) is 0 Å². The fourth-order valence-electron chi connectivity index (χ4n) is 2.46. The molecule has 0 aromatic heterocycles. The zero-order valence-electron chi connectivity index (χ0n) is 11.6. The third-order valence-electron chi connectivity index (χ3n) is 3.87. The second kappa shape index (κ2) is 5.86. The predicted octanol–water partition coefficient (Wildman–Crippen LogP) is 5.10. The van der Waals surface area contributed by atoms with E-state index >= 15 is 0 Å². The molecule has 0 fully saturated rings. The van der Waals surface area contributed by atoms with Crippen molar-refractivity contribution in [3.05, 3.63) is 70.8 Å². The number of hydrogen-bond donors (Lipinski definition) is 0. The Morgan fingerprint density at radius 2 is 1.67 bits per heavy atom. The van der Waals surface area contributed by atoms with Crippen molar-refractivity contribution in [2.75, 3.05) is 0 Å². The Kier molecular flexibility index (Phi) is 4.19. The highest BCUT2D eigenvalue weighted by atomic mass is 14.1. The maximum Gasteiger partial charge on any atom is -0.00230 e. The standard InChI is InChI=1S/C18H22/c1-4-14(2)18-12-8-11-17(15(18)3)13-16-9-6-5-7-10-16/h5-12,14H,4,13H2,1-3H3. The Balaban J connectivity index is 2.29. The Morgan fingerprint density at radius 3 is 2.33 bits per heavy atom. The molecule has 2 aromatic rings. The second-order valence-corrected chi connectivity index (χ2v) is 5.10. The lowest BCUT2D eigenvalue weighted by Gasteiger charge is -2.16. The first kappa shape index (κ1) is 12.9. The van der Waals surface area contributed by atoms with Gasteiger partial charge in [0.1, 0.15) is 0 Å². The van der Waals surface area contributed by atoms with Crippen LogP contribution in [0, 0.1) is 6.92 Å². The van der Waals surface area contributed by atoms with Gasteiger partial charge in [0, 0.05) is 0 Å². The molecule has 0 aliphatic carbocycles. The minimum Gasteiger partial charge on any atom is -0.0648 e. The van der Waals surface area contributed by atoms with E-state index in [1.54, 1.807) is 0 Å². The molecule has 1 unspecified atom stereocenters. The quantitative estimate of drug-likeness (QED) is 0.695. The van der Waals surface area contributed by atoms with Gasteiger partial charge in [-0.2, -0.15) is 0 Å². The molecule has 0 aliphatic heterocycles. The first-order valence-electron chi connectivity index (χ1n) is 6.84. The Labute approximate surface area is 111 Å². The maximum atomic E-state index is 2.31. The molecule has 1 atom stereocenters. The molecule has 0 N–H and O–H groups in total. The summed E-state index contributed by atoms with van der Waals surface area (Å²) in [6.45, 7) is 6.84. The summed E-state index contributed by atoms with van der Waals surface area (Å²) in [7, 11) is 0. The van der Waals surface area contributed by atoms with Gasteiger partial charge in [-0.3, -0.25) is 0 Å². The van der Waals surface area contributed by atoms with Gasteiger partial charge in [-0.05, 0) is 47.9 Å². The van der Waals surface area contributed by atoms with Crippen molar-refractivity contribution in [1.29, 1.82) is 0 Å². The van der Waals surface area contributed by atoms with E-state index in [0.29, 0.717) is 5.92 Å². The van der Waals surface area contributed by atoms with Crippen molar-refractivity contribution < 1.29 is 0 Å². The van der Waals surface area contributed by atoms with Gasteiger partial charge in [-0.15, -0.1) is 0 Å². The van der Waals surface area contributed by atoms with Gasteiger partial charge in [-0.25, -0.2) is 0 Å². The second-order valence-electron chi connectivity index (χ2n) is 5.10. The van der Waals surface area contributed by atoms with Crippen LogP contribution < -0.4 is 0 Å². The van der Waals surface area contributed by atoms with E-state index in [0.717, 1.165) is 6.42 Å². The van der Waals surface area contributed by atoms with E-state index in [9.17, 15) is 0 Å². The molecule has 0 saturated heterocycles. The molecule has 0 saturated carbocycles. The smallest absolute Gasteiger partial charge is 0.00230 e. The van der Waals surface area contributed by atoms with Crippen LogP contribution in [0.2, 0.25) is 0 Å². The minimum absolute atomic E-state index is 0.653. The van der Waals surface area contributed by atoms with Crippen LogP contribution in [0.3, 0.4) is 0 Å².